The van der Waals surface area contributed by atoms with E-state index in [2.05, 4.69) is 15.3 Å². The number of anilines is 1. The molecule has 2 aromatic heterocycles. The molecule has 12 nitrogen and oxygen atoms in total. The Labute approximate surface area is 233 Å². The first kappa shape index (κ1) is 32.3. The number of fused-ring (bicyclic) bond motifs is 1. The fraction of sp³-hybridized carbons (Fsp3) is 0.391. The number of nitrogens with zero attached hydrogens (tertiary/aromatic N) is 3. The third kappa shape index (κ3) is 8.16. The van der Waals surface area contributed by atoms with Crippen LogP contribution in [0.25, 0.3) is 11.0 Å². The largest absolute Gasteiger partial charge is 0.385 e. The van der Waals surface area contributed by atoms with Crippen LogP contribution in [0.5, 0.6) is 0 Å². The summed E-state index contributed by atoms with van der Waals surface area (Å²) in [6.45, 7) is 2.48. The second kappa shape index (κ2) is 13.2. The third-order valence-corrected chi connectivity index (χ3v) is 9.39. The van der Waals surface area contributed by atoms with Crippen molar-refractivity contribution in [3.05, 3.63) is 64.8 Å². The number of rotatable bonds is 13. The minimum atomic E-state index is -4.90. The summed E-state index contributed by atoms with van der Waals surface area (Å²) in [6.07, 6.45) is -3.69. The van der Waals surface area contributed by atoms with Crippen LogP contribution in [0, 0.1) is 5.82 Å². The first-order valence-corrected chi connectivity index (χ1v) is 15.8. The summed E-state index contributed by atoms with van der Waals surface area (Å²) in [5.41, 5.74) is 0.103. The van der Waals surface area contributed by atoms with Crippen molar-refractivity contribution in [1.82, 2.24) is 14.5 Å². The van der Waals surface area contributed by atoms with E-state index in [1.165, 1.54) is 24.4 Å². The van der Waals surface area contributed by atoms with Crippen LogP contribution in [0.2, 0.25) is 5.28 Å². The molecular weight excluding hydrogens is 596 g/mol. The third-order valence-electron chi connectivity index (χ3n) is 5.78. The van der Waals surface area contributed by atoms with Crippen molar-refractivity contribution in [3.63, 3.8) is 0 Å². The number of alkyl halides is 1. The molecule has 0 aliphatic heterocycles. The highest BCUT2D eigenvalue weighted by Crippen LogP contribution is 2.55. The van der Waals surface area contributed by atoms with E-state index >= 15 is 4.39 Å². The zero-order valence-corrected chi connectivity index (χ0v) is 23.8. The average molecular weight is 625 g/mol. The Hall–Kier alpha value is -2.25. The van der Waals surface area contributed by atoms with Crippen LogP contribution in [0.15, 0.2) is 48.2 Å². The lowest BCUT2D eigenvalue weighted by molar-refractivity contribution is -0.0349. The van der Waals surface area contributed by atoms with E-state index in [4.69, 9.17) is 25.9 Å². The average Bonchev–Trinajstić information content (AvgIpc) is 3.28. The van der Waals surface area contributed by atoms with Gasteiger partial charge in [-0.15, -0.1) is 0 Å². The molecule has 6 N–H and O–H groups in total. The number of benzene rings is 1. The zero-order chi connectivity index (χ0) is 29.8. The SMILES string of the molecule is CC/C=C(/COP(=O)(O)CP(=O)(O)O)[C@@H](O)[C@H](F)[C@@H](O)n1ccc2c(N[C@H](C)c3ccccc3F)nc(Cl)nc21. The van der Waals surface area contributed by atoms with E-state index in [9.17, 15) is 28.6 Å². The van der Waals surface area contributed by atoms with Crippen molar-refractivity contribution >= 4 is 43.6 Å². The molecule has 3 aromatic rings. The number of allylic oxidation sites excluding steroid dienone is 1. The van der Waals surface area contributed by atoms with Crippen LogP contribution in [0.4, 0.5) is 14.6 Å². The summed E-state index contributed by atoms with van der Waals surface area (Å²) >= 11 is 6.08. The van der Waals surface area contributed by atoms with Gasteiger partial charge in [-0.3, -0.25) is 9.13 Å². The predicted octanol–water partition coefficient (Wildman–Crippen LogP) is 4.26. The summed E-state index contributed by atoms with van der Waals surface area (Å²) < 4.78 is 58.4. The molecule has 0 fully saturated rings. The van der Waals surface area contributed by atoms with Gasteiger partial charge >= 0.3 is 15.2 Å². The molecule has 0 saturated carbocycles. The molecule has 0 bridgehead atoms. The topological polar surface area (TPSA) is 187 Å². The number of hydrogen-bond acceptors (Lipinski definition) is 8. The van der Waals surface area contributed by atoms with Crippen molar-refractivity contribution < 1.29 is 47.3 Å². The lowest BCUT2D eigenvalue weighted by atomic mass is 10.0. The molecule has 2 heterocycles. The first-order chi connectivity index (χ1) is 18.6. The van der Waals surface area contributed by atoms with Gasteiger partial charge in [0, 0.05) is 11.8 Å². The highest BCUT2D eigenvalue weighted by atomic mass is 35.5. The van der Waals surface area contributed by atoms with Crippen LogP contribution >= 0.6 is 26.8 Å². The summed E-state index contributed by atoms with van der Waals surface area (Å²) in [4.78, 5) is 35.8. The molecule has 3 rings (SSSR count). The summed E-state index contributed by atoms with van der Waals surface area (Å²) in [7, 11) is -9.68. The molecule has 0 radical (unpaired) electrons. The summed E-state index contributed by atoms with van der Waals surface area (Å²) in [5.74, 6) is -1.73. The van der Waals surface area contributed by atoms with Crippen molar-refractivity contribution in [2.45, 2.75) is 44.8 Å². The lowest BCUT2D eigenvalue weighted by Crippen LogP contribution is -2.34. The van der Waals surface area contributed by atoms with E-state index in [1.54, 1.807) is 32.0 Å². The molecule has 40 heavy (non-hydrogen) atoms. The molecule has 5 atom stereocenters. The second-order valence-corrected chi connectivity index (χ2v) is 13.2. The summed E-state index contributed by atoms with van der Waals surface area (Å²) in [6, 6.07) is 7.01. The Kier molecular flexibility index (Phi) is 10.6. The molecule has 0 aliphatic rings. The Morgan fingerprint density at radius 3 is 2.50 bits per heavy atom. The standard InChI is InChI=1S/C23H29ClF2N4O8P2/c1-3-6-14(11-38-40(36,37)12-39(33,34)35)19(31)18(26)22(32)30-10-9-16-20(28-23(24)29-21(16)30)27-13(2)15-7-4-5-8-17(15)25/h4-10,13,18-19,22,31-32H,3,11-12H2,1-2H3,(H,36,37)(H,27,28,29)(H2,33,34,35)/b14-6-/t13-,18+,19-,22-/m1/s1. The Balaban J connectivity index is 1.84. The molecule has 17 heteroatoms. The van der Waals surface area contributed by atoms with Gasteiger partial charge in [0.1, 0.15) is 23.4 Å². The van der Waals surface area contributed by atoms with Gasteiger partial charge in [0.05, 0.1) is 18.0 Å². The van der Waals surface area contributed by atoms with Gasteiger partial charge in [-0.1, -0.05) is 31.2 Å². The maximum atomic E-state index is 15.4. The molecule has 0 spiro atoms. The maximum Gasteiger partial charge on any atom is 0.340 e. The second-order valence-electron chi connectivity index (χ2n) is 8.90. The highest BCUT2D eigenvalue weighted by molar-refractivity contribution is 7.70. The van der Waals surface area contributed by atoms with E-state index in [-0.39, 0.29) is 28.7 Å². The predicted molar refractivity (Wildman–Crippen MR) is 144 cm³/mol. The van der Waals surface area contributed by atoms with Gasteiger partial charge in [-0.25, -0.2) is 13.8 Å². The van der Waals surface area contributed by atoms with Crippen molar-refractivity contribution in [2.75, 3.05) is 17.8 Å². The van der Waals surface area contributed by atoms with Gasteiger partial charge in [-0.2, -0.15) is 4.98 Å². The molecular formula is C23H29ClF2N4O8P2. The van der Waals surface area contributed by atoms with Crippen LogP contribution in [0.3, 0.4) is 0 Å². The van der Waals surface area contributed by atoms with E-state index in [0.29, 0.717) is 10.9 Å². The minimum Gasteiger partial charge on any atom is -0.385 e. The lowest BCUT2D eigenvalue weighted by Gasteiger charge is -2.25. The highest BCUT2D eigenvalue weighted by Gasteiger charge is 2.35. The van der Waals surface area contributed by atoms with Gasteiger partial charge in [0.2, 0.25) is 5.28 Å². The van der Waals surface area contributed by atoms with Crippen LogP contribution < -0.4 is 5.32 Å². The van der Waals surface area contributed by atoms with E-state index in [1.807, 2.05) is 0 Å². The first-order valence-electron chi connectivity index (χ1n) is 11.9. The van der Waals surface area contributed by atoms with Gasteiger partial charge in [0.15, 0.2) is 18.3 Å². The summed E-state index contributed by atoms with van der Waals surface area (Å²) in [5, 5.41) is 24.5. The molecule has 0 amide bonds. The van der Waals surface area contributed by atoms with Crippen LogP contribution in [-0.2, 0) is 13.7 Å². The number of nitrogens with one attached hydrogen (secondary N) is 1. The molecule has 220 valence electrons. The Bertz CT molecular complexity index is 1470. The maximum absolute atomic E-state index is 15.4. The van der Waals surface area contributed by atoms with Gasteiger partial charge in [-0.05, 0) is 42.7 Å². The minimum absolute atomic E-state index is 0.00985. The van der Waals surface area contributed by atoms with Crippen LogP contribution in [0.1, 0.15) is 38.1 Å². The molecule has 1 unspecified atom stereocenters. The van der Waals surface area contributed by atoms with Gasteiger partial charge in [0.25, 0.3) is 0 Å². The Morgan fingerprint density at radius 2 is 1.88 bits per heavy atom. The Morgan fingerprint density at radius 1 is 1.20 bits per heavy atom. The van der Waals surface area contributed by atoms with E-state index < -0.39 is 58.1 Å². The number of aliphatic hydroxyl groups excluding tert-OH is 2. The van der Waals surface area contributed by atoms with Gasteiger partial charge < -0.3 is 39.3 Å². The quantitative estimate of drug-likeness (QED) is 0.0906. The molecule has 0 aliphatic carbocycles. The smallest absolute Gasteiger partial charge is 0.340 e. The number of aromatic nitrogens is 3. The van der Waals surface area contributed by atoms with Crippen molar-refractivity contribution in [2.24, 2.45) is 0 Å². The van der Waals surface area contributed by atoms with Crippen molar-refractivity contribution in [3.8, 4) is 0 Å². The molecule has 0 saturated heterocycles. The number of hydrogen-bond donors (Lipinski definition) is 6. The molecule has 1 aromatic carbocycles. The van der Waals surface area contributed by atoms with Crippen LogP contribution in [-0.4, -0.2) is 64.2 Å². The number of halogens is 3. The number of aliphatic hydroxyl groups is 2. The monoisotopic (exact) mass is 624 g/mol. The van der Waals surface area contributed by atoms with Crippen molar-refractivity contribution in [1.29, 1.82) is 0 Å². The normalized spacial score (nSPS) is 17.3. The fourth-order valence-corrected chi connectivity index (χ4v) is 6.64. The van der Waals surface area contributed by atoms with E-state index in [0.717, 1.165) is 4.57 Å². The fourth-order valence-electron chi connectivity index (χ4n) is 3.94. The zero-order valence-electron chi connectivity index (χ0n) is 21.3.